The molecule has 0 fully saturated rings. The van der Waals surface area contributed by atoms with E-state index in [1.54, 1.807) is 12.1 Å². The van der Waals surface area contributed by atoms with Gasteiger partial charge in [-0.2, -0.15) is 0 Å². The molecule has 0 bridgehead atoms. The normalized spacial score (nSPS) is 11.1. The fourth-order valence-corrected chi connectivity index (χ4v) is 2.99. The number of non-ortho nitro benzene ring substituents is 1. The molecule has 0 unspecified atom stereocenters. The summed E-state index contributed by atoms with van der Waals surface area (Å²) >= 11 is 0. The van der Waals surface area contributed by atoms with Crippen LogP contribution in [0, 0.1) is 10.1 Å². The number of esters is 1. The summed E-state index contributed by atoms with van der Waals surface area (Å²) in [5, 5.41) is 10.6. The van der Waals surface area contributed by atoms with Gasteiger partial charge in [0.2, 0.25) is 0 Å². The summed E-state index contributed by atoms with van der Waals surface area (Å²) in [6.07, 6.45) is 0. The average molecular weight is 622 g/mol. The highest BCUT2D eigenvalue weighted by Gasteiger charge is 2.04. The summed E-state index contributed by atoms with van der Waals surface area (Å²) in [5.41, 5.74) is 0.0229. The second-order valence-corrected chi connectivity index (χ2v) is 8.45. The maximum absolute atomic E-state index is 10.6. The molecule has 0 aromatic heterocycles. The van der Waals surface area contributed by atoms with E-state index in [9.17, 15) is 14.9 Å². The van der Waals surface area contributed by atoms with E-state index in [-0.39, 0.29) is 18.3 Å². The Kier molecular flexibility index (Phi) is 26.5. The van der Waals surface area contributed by atoms with E-state index in [4.69, 9.17) is 52.1 Å². The Labute approximate surface area is 253 Å². The monoisotopic (exact) mass is 621 g/mol. The molecular formula is C28H47NO14. The van der Waals surface area contributed by atoms with Crippen LogP contribution in [0.1, 0.15) is 6.92 Å². The third-order valence-electron chi connectivity index (χ3n) is 5.05. The number of nitro groups is 1. The average Bonchev–Trinajstić information content (AvgIpc) is 3.00. The third-order valence-corrected chi connectivity index (χ3v) is 5.05. The van der Waals surface area contributed by atoms with Gasteiger partial charge in [0.25, 0.3) is 5.69 Å². The van der Waals surface area contributed by atoms with Gasteiger partial charge in [0.1, 0.15) is 19.0 Å². The number of ether oxygens (including phenoxy) is 11. The van der Waals surface area contributed by atoms with E-state index < -0.39 is 4.92 Å². The minimum atomic E-state index is -0.455. The van der Waals surface area contributed by atoms with E-state index in [1.807, 2.05) is 0 Å². The van der Waals surface area contributed by atoms with E-state index in [2.05, 4.69) is 0 Å². The molecule has 15 nitrogen and oxygen atoms in total. The Morgan fingerprint density at radius 2 is 0.791 bits per heavy atom. The van der Waals surface area contributed by atoms with Gasteiger partial charge < -0.3 is 52.1 Å². The first-order valence-electron chi connectivity index (χ1n) is 14.3. The molecule has 0 aliphatic carbocycles. The van der Waals surface area contributed by atoms with Crippen LogP contribution in [0.4, 0.5) is 5.69 Å². The predicted molar refractivity (Wildman–Crippen MR) is 153 cm³/mol. The van der Waals surface area contributed by atoms with E-state index >= 15 is 0 Å². The molecule has 1 aromatic rings. The molecule has 43 heavy (non-hydrogen) atoms. The van der Waals surface area contributed by atoms with Gasteiger partial charge in [-0.25, -0.2) is 0 Å². The first-order valence-corrected chi connectivity index (χ1v) is 14.3. The van der Waals surface area contributed by atoms with Crippen molar-refractivity contribution in [3.63, 3.8) is 0 Å². The van der Waals surface area contributed by atoms with Gasteiger partial charge in [-0.05, 0) is 12.1 Å². The van der Waals surface area contributed by atoms with Crippen molar-refractivity contribution < 1.29 is 61.8 Å². The van der Waals surface area contributed by atoms with Crippen molar-refractivity contribution in [1.82, 2.24) is 0 Å². The zero-order valence-corrected chi connectivity index (χ0v) is 25.1. The number of carbonyl (C=O) groups excluding carboxylic acids is 1. The molecule has 0 atom stereocenters. The lowest BCUT2D eigenvalue weighted by Crippen LogP contribution is -2.15. The Hall–Kier alpha value is -2.47. The second kappa shape index (κ2) is 29.6. The molecule has 0 aliphatic rings. The molecule has 248 valence electrons. The van der Waals surface area contributed by atoms with Gasteiger partial charge in [-0.1, -0.05) is 0 Å². The Balaban J connectivity index is 1.66. The topological polar surface area (TPSA) is 162 Å². The standard InChI is InChI=1S/C28H47NO14/c1-26(30)42-24-22-40-20-18-38-16-14-36-12-10-34-8-6-33-7-9-35-11-13-37-15-17-39-19-21-41-23-25-43-28-4-2-27(3-5-28)29(31)32/h2-5H,6-25H2,1H3. The lowest BCUT2D eigenvalue weighted by molar-refractivity contribution is -0.384. The Morgan fingerprint density at radius 3 is 1.07 bits per heavy atom. The molecule has 0 heterocycles. The number of hydrogen-bond acceptors (Lipinski definition) is 14. The van der Waals surface area contributed by atoms with Gasteiger partial charge in [0, 0.05) is 19.1 Å². The fraction of sp³-hybridized carbons (Fsp3) is 0.750. The number of nitrogens with zero attached hydrogens (tertiary/aromatic N) is 1. The van der Waals surface area contributed by atoms with Crippen LogP contribution in [0.2, 0.25) is 0 Å². The van der Waals surface area contributed by atoms with Crippen LogP contribution in [0.15, 0.2) is 24.3 Å². The van der Waals surface area contributed by atoms with Crippen molar-refractivity contribution in [3.05, 3.63) is 34.4 Å². The number of rotatable bonds is 32. The van der Waals surface area contributed by atoms with Gasteiger partial charge >= 0.3 is 5.97 Å². The smallest absolute Gasteiger partial charge is 0.302 e. The summed E-state index contributed by atoms with van der Waals surface area (Å²) in [5.74, 6) is 0.235. The first-order chi connectivity index (χ1) is 21.1. The van der Waals surface area contributed by atoms with Crippen molar-refractivity contribution in [2.24, 2.45) is 0 Å². The molecule has 0 aliphatic heterocycles. The molecule has 0 amide bonds. The Morgan fingerprint density at radius 1 is 0.512 bits per heavy atom. The molecule has 0 saturated carbocycles. The van der Waals surface area contributed by atoms with E-state index in [1.165, 1.54) is 19.1 Å². The highest BCUT2D eigenvalue weighted by atomic mass is 16.6. The summed E-state index contributed by atoms with van der Waals surface area (Å²) in [6.45, 7) is 10.2. The number of benzene rings is 1. The molecule has 0 spiro atoms. The molecule has 0 N–H and O–H groups in total. The third kappa shape index (κ3) is 26.9. The fourth-order valence-electron chi connectivity index (χ4n) is 2.99. The summed E-state index contributed by atoms with van der Waals surface area (Å²) in [7, 11) is 0. The van der Waals surface area contributed by atoms with E-state index in [0.717, 1.165) is 0 Å². The number of carbonyl (C=O) groups is 1. The van der Waals surface area contributed by atoms with Crippen LogP contribution in [0.5, 0.6) is 5.75 Å². The maximum Gasteiger partial charge on any atom is 0.302 e. The molecule has 1 aromatic carbocycles. The van der Waals surface area contributed by atoms with Gasteiger partial charge in [0.15, 0.2) is 0 Å². The zero-order chi connectivity index (χ0) is 31.1. The van der Waals surface area contributed by atoms with Crippen molar-refractivity contribution >= 4 is 11.7 Å². The highest BCUT2D eigenvalue weighted by Crippen LogP contribution is 2.17. The maximum atomic E-state index is 10.6. The first kappa shape index (κ1) is 38.6. The van der Waals surface area contributed by atoms with E-state index in [0.29, 0.717) is 131 Å². The highest BCUT2D eigenvalue weighted by molar-refractivity contribution is 5.65. The predicted octanol–water partition coefficient (Wildman–Crippen LogP) is 1.69. The summed E-state index contributed by atoms with van der Waals surface area (Å²) in [4.78, 5) is 20.7. The quantitative estimate of drug-likeness (QED) is 0.0494. The van der Waals surface area contributed by atoms with Crippen LogP contribution >= 0.6 is 0 Å². The van der Waals surface area contributed by atoms with Crippen molar-refractivity contribution in [1.29, 1.82) is 0 Å². The van der Waals surface area contributed by atoms with Crippen LogP contribution in [-0.2, 0) is 52.2 Å². The Bertz CT molecular complexity index is 783. The molecular weight excluding hydrogens is 574 g/mol. The molecule has 0 saturated heterocycles. The number of nitro benzene ring substituents is 1. The van der Waals surface area contributed by atoms with Gasteiger partial charge in [-0.3, -0.25) is 14.9 Å². The van der Waals surface area contributed by atoms with Crippen molar-refractivity contribution in [2.45, 2.75) is 6.92 Å². The summed E-state index contributed by atoms with van der Waals surface area (Å²) in [6, 6.07) is 5.89. The lowest BCUT2D eigenvalue weighted by atomic mass is 10.3. The van der Waals surface area contributed by atoms with Crippen LogP contribution < -0.4 is 4.74 Å². The largest absolute Gasteiger partial charge is 0.491 e. The SMILES string of the molecule is CC(=O)OCCOCCOCCOCCOCCOCCOCCOCCOCCOCCOc1ccc([N+](=O)[O-])cc1. The van der Waals surface area contributed by atoms with Gasteiger partial charge in [0.05, 0.1) is 124 Å². The molecule has 0 radical (unpaired) electrons. The minimum absolute atomic E-state index is 0.0229. The van der Waals surface area contributed by atoms with Crippen LogP contribution in [-0.4, -0.2) is 143 Å². The van der Waals surface area contributed by atoms with Crippen molar-refractivity contribution in [2.75, 3.05) is 132 Å². The second-order valence-electron chi connectivity index (χ2n) is 8.45. The lowest BCUT2D eigenvalue weighted by Gasteiger charge is -2.09. The van der Waals surface area contributed by atoms with Crippen molar-refractivity contribution in [3.8, 4) is 5.75 Å². The molecule has 1 rings (SSSR count). The van der Waals surface area contributed by atoms with Gasteiger partial charge in [-0.15, -0.1) is 0 Å². The minimum Gasteiger partial charge on any atom is -0.491 e. The van der Waals surface area contributed by atoms with Crippen LogP contribution in [0.3, 0.4) is 0 Å². The molecule has 15 heteroatoms. The zero-order valence-electron chi connectivity index (χ0n) is 25.1. The summed E-state index contributed by atoms with van der Waals surface area (Å²) < 4.78 is 58.8. The van der Waals surface area contributed by atoms with Crippen LogP contribution in [0.25, 0.3) is 0 Å². The number of hydrogen-bond donors (Lipinski definition) is 0.